The molecule has 0 atom stereocenters. The van der Waals surface area contributed by atoms with Crippen LogP contribution in [0.1, 0.15) is 57.6 Å². The van der Waals surface area contributed by atoms with Crippen molar-refractivity contribution in [3.8, 4) is 0 Å². The first-order valence-electron chi connectivity index (χ1n) is 7.36. The molecule has 108 valence electrons. The number of ether oxygens (including phenoxy) is 1. The van der Waals surface area contributed by atoms with E-state index in [0.29, 0.717) is 24.3 Å². The molecule has 0 fully saturated rings. The lowest BCUT2D eigenvalue weighted by Gasteiger charge is -2.17. The second-order valence-corrected chi connectivity index (χ2v) is 5.83. The molecule has 1 aliphatic heterocycles. The zero-order chi connectivity index (χ0) is 14.7. The van der Waals surface area contributed by atoms with Gasteiger partial charge >= 0.3 is 0 Å². The minimum absolute atomic E-state index is 0.451. The number of benzene rings is 1. The van der Waals surface area contributed by atoms with Crippen molar-refractivity contribution in [2.45, 2.75) is 46.5 Å². The Bertz CT molecular complexity index is 516. The standard InChI is InChI=1S/C17H24N2O/c1-11(2)14-7-6-8-15(12(3)4)16(14)19-13(5)17-18-9-10-20-17/h6-8,11-12H,9-10H2,1-5H3/b19-13+. The van der Waals surface area contributed by atoms with Gasteiger partial charge in [0.05, 0.1) is 17.9 Å². The molecule has 3 nitrogen and oxygen atoms in total. The van der Waals surface area contributed by atoms with Crippen LogP contribution < -0.4 is 0 Å². The predicted octanol–water partition coefficient (Wildman–Crippen LogP) is 4.45. The fraction of sp³-hybridized carbons (Fsp3) is 0.529. The Kier molecular flexibility index (Phi) is 4.58. The Hall–Kier alpha value is -1.64. The number of aliphatic imine (C=N–C) groups is 2. The molecule has 1 aliphatic rings. The summed E-state index contributed by atoms with van der Waals surface area (Å²) < 4.78 is 5.51. The number of rotatable bonds is 4. The molecule has 0 aromatic heterocycles. The number of hydrogen-bond acceptors (Lipinski definition) is 3. The van der Waals surface area contributed by atoms with Crippen molar-refractivity contribution in [3.05, 3.63) is 29.3 Å². The van der Waals surface area contributed by atoms with Crippen molar-refractivity contribution >= 4 is 17.3 Å². The van der Waals surface area contributed by atoms with Gasteiger partial charge in [-0.05, 0) is 29.9 Å². The molecule has 3 heteroatoms. The SMILES string of the molecule is C/C(=N\c1c(C(C)C)cccc1C(C)C)C1=NCCO1. The zero-order valence-corrected chi connectivity index (χ0v) is 13.1. The molecule has 2 rings (SSSR count). The number of hydrogen-bond donors (Lipinski definition) is 0. The van der Waals surface area contributed by atoms with Gasteiger partial charge in [-0.2, -0.15) is 0 Å². The summed E-state index contributed by atoms with van der Waals surface area (Å²) in [5, 5.41) is 0. The normalized spacial score (nSPS) is 15.8. The van der Waals surface area contributed by atoms with Gasteiger partial charge in [0.25, 0.3) is 0 Å². The molecule has 0 saturated heterocycles. The maximum Gasteiger partial charge on any atom is 0.230 e. The van der Waals surface area contributed by atoms with Crippen molar-refractivity contribution in [1.29, 1.82) is 0 Å². The maximum atomic E-state index is 5.51. The Balaban J connectivity index is 2.50. The first-order chi connectivity index (χ1) is 9.50. The monoisotopic (exact) mass is 272 g/mol. The van der Waals surface area contributed by atoms with Gasteiger partial charge in [-0.25, -0.2) is 9.98 Å². The lowest BCUT2D eigenvalue weighted by atomic mass is 9.93. The fourth-order valence-corrected chi connectivity index (χ4v) is 2.41. The van der Waals surface area contributed by atoms with E-state index in [1.807, 2.05) is 6.92 Å². The van der Waals surface area contributed by atoms with E-state index in [0.717, 1.165) is 17.9 Å². The third-order valence-corrected chi connectivity index (χ3v) is 3.52. The summed E-state index contributed by atoms with van der Waals surface area (Å²) in [5.74, 6) is 1.59. The highest BCUT2D eigenvalue weighted by atomic mass is 16.5. The van der Waals surface area contributed by atoms with Gasteiger partial charge in [0.1, 0.15) is 6.61 Å². The maximum absolute atomic E-state index is 5.51. The van der Waals surface area contributed by atoms with Crippen LogP contribution in [0, 0.1) is 0 Å². The fourth-order valence-electron chi connectivity index (χ4n) is 2.41. The quantitative estimate of drug-likeness (QED) is 0.745. The molecule has 20 heavy (non-hydrogen) atoms. The molecule has 1 heterocycles. The summed E-state index contributed by atoms with van der Waals surface area (Å²) in [5.41, 5.74) is 4.54. The lowest BCUT2D eigenvalue weighted by molar-refractivity contribution is 0.353. The van der Waals surface area contributed by atoms with Crippen LogP contribution in [-0.4, -0.2) is 24.8 Å². The minimum atomic E-state index is 0.451. The molecule has 0 saturated carbocycles. The van der Waals surface area contributed by atoms with Crippen LogP contribution in [0.3, 0.4) is 0 Å². The second-order valence-electron chi connectivity index (χ2n) is 5.83. The van der Waals surface area contributed by atoms with Crippen LogP contribution in [0.4, 0.5) is 5.69 Å². The Morgan fingerprint density at radius 1 is 1.15 bits per heavy atom. The average molecular weight is 272 g/mol. The van der Waals surface area contributed by atoms with Crippen molar-refractivity contribution in [1.82, 2.24) is 0 Å². The van der Waals surface area contributed by atoms with Gasteiger partial charge < -0.3 is 4.74 Å². The van der Waals surface area contributed by atoms with E-state index >= 15 is 0 Å². The highest BCUT2D eigenvalue weighted by Crippen LogP contribution is 2.34. The van der Waals surface area contributed by atoms with Crippen molar-refractivity contribution < 1.29 is 4.74 Å². The van der Waals surface area contributed by atoms with Crippen molar-refractivity contribution in [3.63, 3.8) is 0 Å². The van der Waals surface area contributed by atoms with Crippen LogP contribution in [-0.2, 0) is 4.74 Å². The molecule has 1 aromatic carbocycles. The molecule has 0 amide bonds. The summed E-state index contributed by atoms with van der Waals surface area (Å²) in [7, 11) is 0. The third-order valence-electron chi connectivity index (χ3n) is 3.52. The van der Waals surface area contributed by atoms with Crippen LogP contribution in [0.15, 0.2) is 28.2 Å². The minimum Gasteiger partial charge on any atom is -0.475 e. The van der Waals surface area contributed by atoms with Crippen LogP contribution >= 0.6 is 0 Å². The molecule has 0 N–H and O–H groups in total. The summed E-state index contributed by atoms with van der Waals surface area (Å²) in [6.45, 7) is 12.2. The third kappa shape index (κ3) is 3.09. The number of para-hydroxylation sites is 1. The van der Waals surface area contributed by atoms with Gasteiger partial charge in [0.2, 0.25) is 5.90 Å². The molecule has 0 radical (unpaired) electrons. The molecule has 0 bridgehead atoms. The van der Waals surface area contributed by atoms with Gasteiger partial charge in [0, 0.05) is 0 Å². The summed E-state index contributed by atoms with van der Waals surface area (Å²) in [6.07, 6.45) is 0. The predicted molar refractivity (Wildman–Crippen MR) is 85.6 cm³/mol. The lowest BCUT2D eigenvalue weighted by Crippen LogP contribution is -2.10. The van der Waals surface area contributed by atoms with E-state index in [1.165, 1.54) is 11.1 Å². The molecular formula is C17H24N2O. The van der Waals surface area contributed by atoms with E-state index in [1.54, 1.807) is 0 Å². The summed E-state index contributed by atoms with van der Waals surface area (Å²) >= 11 is 0. The molecule has 0 spiro atoms. The van der Waals surface area contributed by atoms with Crippen LogP contribution in [0.25, 0.3) is 0 Å². The molecule has 0 unspecified atom stereocenters. The highest BCUT2D eigenvalue weighted by Gasteiger charge is 2.16. The van der Waals surface area contributed by atoms with E-state index in [9.17, 15) is 0 Å². The highest BCUT2D eigenvalue weighted by molar-refractivity contribution is 6.38. The van der Waals surface area contributed by atoms with Crippen LogP contribution in [0.5, 0.6) is 0 Å². The Labute approximate surface area is 121 Å². The van der Waals surface area contributed by atoms with Gasteiger partial charge in [0.15, 0.2) is 0 Å². The summed E-state index contributed by atoms with van der Waals surface area (Å²) in [4.78, 5) is 9.19. The smallest absolute Gasteiger partial charge is 0.230 e. The molecular weight excluding hydrogens is 248 g/mol. The Morgan fingerprint density at radius 2 is 1.75 bits per heavy atom. The zero-order valence-electron chi connectivity index (χ0n) is 13.1. The van der Waals surface area contributed by atoms with Gasteiger partial charge in [-0.1, -0.05) is 45.9 Å². The largest absolute Gasteiger partial charge is 0.475 e. The van der Waals surface area contributed by atoms with Crippen molar-refractivity contribution in [2.75, 3.05) is 13.2 Å². The first-order valence-corrected chi connectivity index (χ1v) is 7.36. The molecule has 1 aromatic rings. The van der Waals surface area contributed by atoms with Gasteiger partial charge in [-0.15, -0.1) is 0 Å². The summed E-state index contributed by atoms with van der Waals surface area (Å²) in [6, 6.07) is 6.46. The van der Waals surface area contributed by atoms with Crippen LogP contribution in [0.2, 0.25) is 0 Å². The van der Waals surface area contributed by atoms with E-state index in [-0.39, 0.29) is 0 Å². The topological polar surface area (TPSA) is 34.0 Å². The van der Waals surface area contributed by atoms with E-state index in [4.69, 9.17) is 9.73 Å². The Morgan fingerprint density at radius 3 is 2.20 bits per heavy atom. The van der Waals surface area contributed by atoms with Crippen molar-refractivity contribution in [2.24, 2.45) is 9.98 Å². The van der Waals surface area contributed by atoms with Gasteiger partial charge in [-0.3, -0.25) is 0 Å². The molecule has 0 aliphatic carbocycles. The number of nitrogens with zero attached hydrogens (tertiary/aromatic N) is 2. The van der Waals surface area contributed by atoms with E-state index in [2.05, 4.69) is 50.9 Å². The second kappa shape index (κ2) is 6.21. The average Bonchev–Trinajstić information content (AvgIpc) is 2.92. The van der Waals surface area contributed by atoms with E-state index < -0.39 is 0 Å². The first kappa shape index (κ1) is 14.8.